The quantitative estimate of drug-likeness (QED) is 0.138. The van der Waals surface area contributed by atoms with Gasteiger partial charge in [0.2, 0.25) is 21.8 Å². The lowest BCUT2D eigenvalue weighted by atomic mass is 10.0. The Labute approximate surface area is 304 Å². The van der Waals surface area contributed by atoms with Crippen LogP contribution in [0.15, 0.2) is 126 Å². The molecule has 11 nitrogen and oxygen atoms in total. The SMILES string of the molecule is C=CCN(C(=O)CNS(=O)c1cccc(S(=O)(=O)N[C@@H](Cc2cc(F)cc(F)c2)C(=O)N(CC=C)c2ccc(OC)cc2)c1)c1ccc(OC)cc1. The minimum Gasteiger partial charge on any atom is -0.497 e. The lowest BCUT2D eigenvalue weighted by Crippen LogP contribution is -2.50. The van der Waals surface area contributed by atoms with Gasteiger partial charge < -0.3 is 19.3 Å². The van der Waals surface area contributed by atoms with E-state index in [0.717, 1.165) is 18.2 Å². The highest BCUT2D eigenvalue weighted by Crippen LogP contribution is 2.23. The standard InChI is InChI=1S/C37H38F2N4O7S2/c1-5-18-42(29-10-14-31(49-3)15-11-29)36(44)25-40-51(46)33-8-7-9-34(24-33)52(47,48)41-35(22-26-20-27(38)23-28(39)21-26)37(45)43(19-6-2)30-12-16-32(50-4)17-13-30/h5-17,20-21,23-24,35,40-41H,1-2,18-19,22,25H2,3-4H3/t35-,51?/m0/s1. The van der Waals surface area contributed by atoms with Crippen molar-refractivity contribution in [1.82, 2.24) is 9.44 Å². The van der Waals surface area contributed by atoms with Crippen LogP contribution in [0, 0.1) is 11.6 Å². The maximum atomic E-state index is 14.2. The number of amides is 2. The van der Waals surface area contributed by atoms with Crippen LogP contribution in [0.4, 0.5) is 20.2 Å². The van der Waals surface area contributed by atoms with Gasteiger partial charge in [0, 0.05) is 30.5 Å². The van der Waals surface area contributed by atoms with E-state index >= 15 is 0 Å². The number of nitrogens with one attached hydrogen (secondary N) is 2. The molecule has 2 amide bonds. The van der Waals surface area contributed by atoms with Gasteiger partial charge in [-0.25, -0.2) is 26.1 Å². The van der Waals surface area contributed by atoms with Crippen molar-refractivity contribution in [2.24, 2.45) is 0 Å². The van der Waals surface area contributed by atoms with E-state index in [4.69, 9.17) is 9.47 Å². The fourth-order valence-electron chi connectivity index (χ4n) is 5.11. The topological polar surface area (TPSA) is 134 Å². The Hall–Kier alpha value is -5.22. The number of anilines is 2. The number of carbonyl (C=O) groups is 2. The Morgan fingerprint density at radius 3 is 1.90 bits per heavy atom. The maximum absolute atomic E-state index is 14.2. The Morgan fingerprint density at radius 2 is 1.37 bits per heavy atom. The van der Waals surface area contributed by atoms with E-state index in [-0.39, 0.29) is 35.0 Å². The number of sulfonamides is 1. The summed E-state index contributed by atoms with van der Waals surface area (Å²) in [6.45, 7) is 7.17. The van der Waals surface area contributed by atoms with Gasteiger partial charge in [0.15, 0.2) is 0 Å². The van der Waals surface area contributed by atoms with Gasteiger partial charge in [0.05, 0.1) is 30.6 Å². The van der Waals surface area contributed by atoms with E-state index in [1.54, 1.807) is 48.5 Å². The maximum Gasteiger partial charge on any atom is 0.245 e. The molecule has 4 rings (SSSR count). The van der Waals surface area contributed by atoms with Crippen LogP contribution in [0.3, 0.4) is 0 Å². The number of rotatable bonds is 18. The first-order chi connectivity index (χ1) is 24.9. The van der Waals surface area contributed by atoms with Crippen molar-refractivity contribution in [2.45, 2.75) is 22.3 Å². The molecule has 52 heavy (non-hydrogen) atoms. The molecule has 0 saturated carbocycles. The molecule has 0 bridgehead atoms. The van der Waals surface area contributed by atoms with Gasteiger partial charge in [-0.15, -0.1) is 13.2 Å². The highest BCUT2D eigenvalue weighted by atomic mass is 32.2. The molecule has 4 aromatic carbocycles. The molecule has 2 N–H and O–H groups in total. The number of benzene rings is 4. The van der Waals surface area contributed by atoms with Crippen LogP contribution in [-0.2, 0) is 37.0 Å². The van der Waals surface area contributed by atoms with E-state index in [2.05, 4.69) is 22.6 Å². The molecule has 0 aliphatic rings. The van der Waals surface area contributed by atoms with E-state index in [1.807, 2.05) is 0 Å². The summed E-state index contributed by atoms with van der Waals surface area (Å²) in [6.07, 6.45) is 2.57. The molecule has 2 atom stereocenters. The number of carbonyl (C=O) groups excluding carboxylic acids is 2. The van der Waals surface area contributed by atoms with Crippen molar-refractivity contribution >= 4 is 44.2 Å². The smallest absolute Gasteiger partial charge is 0.245 e. The third-order valence-corrected chi connectivity index (χ3v) is 10.2. The predicted molar refractivity (Wildman–Crippen MR) is 196 cm³/mol. The zero-order valence-electron chi connectivity index (χ0n) is 28.5. The first kappa shape index (κ1) is 39.6. The molecule has 0 heterocycles. The Balaban J connectivity index is 1.58. The molecule has 15 heteroatoms. The third-order valence-electron chi connectivity index (χ3n) is 7.60. The molecule has 4 aromatic rings. The monoisotopic (exact) mass is 752 g/mol. The predicted octanol–water partition coefficient (Wildman–Crippen LogP) is 4.92. The second-order valence-electron chi connectivity index (χ2n) is 11.1. The lowest BCUT2D eigenvalue weighted by molar-refractivity contribution is -0.120. The van der Waals surface area contributed by atoms with Gasteiger partial charge >= 0.3 is 0 Å². The number of hydrogen-bond donors (Lipinski definition) is 2. The molecular formula is C37H38F2N4O7S2. The Bertz CT molecular complexity index is 2010. The van der Waals surface area contributed by atoms with Crippen molar-refractivity contribution in [2.75, 3.05) is 43.7 Å². The van der Waals surface area contributed by atoms with Crippen LogP contribution in [0.5, 0.6) is 11.5 Å². The number of halogens is 2. The number of nitrogens with zero attached hydrogens (tertiary/aromatic N) is 2. The summed E-state index contributed by atoms with van der Waals surface area (Å²) in [5.41, 5.74) is 0.967. The molecule has 0 aliphatic carbocycles. The highest BCUT2D eigenvalue weighted by molar-refractivity contribution is 7.89. The number of methoxy groups -OCH3 is 2. The summed E-state index contributed by atoms with van der Waals surface area (Å²) in [4.78, 5) is 29.5. The van der Waals surface area contributed by atoms with Crippen molar-refractivity contribution in [3.05, 3.63) is 134 Å². The van der Waals surface area contributed by atoms with E-state index < -0.39 is 56.9 Å². The van der Waals surface area contributed by atoms with Gasteiger partial charge in [0.1, 0.15) is 40.2 Å². The summed E-state index contributed by atoms with van der Waals surface area (Å²) < 4.78 is 84.6. The molecular weight excluding hydrogens is 715 g/mol. The van der Waals surface area contributed by atoms with Gasteiger partial charge in [-0.2, -0.15) is 4.72 Å². The molecule has 0 aliphatic heterocycles. The first-order valence-electron chi connectivity index (χ1n) is 15.7. The lowest BCUT2D eigenvalue weighted by Gasteiger charge is -2.27. The van der Waals surface area contributed by atoms with Crippen LogP contribution in [0.25, 0.3) is 0 Å². The molecule has 1 unspecified atom stereocenters. The van der Waals surface area contributed by atoms with Crippen molar-refractivity contribution in [3.8, 4) is 11.5 Å². The average Bonchev–Trinajstić information content (AvgIpc) is 3.14. The Kier molecular flexibility index (Phi) is 13.9. The zero-order chi connectivity index (χ0) is 37.8. The normalized spacial score (nSPS) is 12.3. The fraction of sp³-hybridized carbons (Fsp3) is 0.189. The van der Waals surface area contributed by atoms with Crippen molar-refractivity contribution in [3.63, 3.8) is 0 Å². The minimum absolute atomic E-state index is 0.0238. The van der Waals surface area contributed by atoms with E-state index in [9.17, 15) is 31.0 Å². The number of hydrogen-bond acceptors (Lipinski definition) is 7. The molecule has 0 saturated heterocycles. The summed E-state index contributed by atoms with van der Waals surface area (Å²) in [7, 11) is -3.57. The van der Waals surface area contributed by atoms with Crippen LogP contribution < -0.4 is 28.7 Å². The van der Waals surface area contributed by atoms with E-state index in [1.165, 1.54) is 54.4 Å². The molecule has 0 aromatic heterocycles. The zero-order valence-corrected chi connectivity index (χ0v) is 30.1. The first-order valence-corrected chi connectivity index (χ1v) is 18.4. The van der Waals surface area contributed by atoms with Crippen molar-refractivity contribution in [1.29, 1.82) is 0 Å². The Morgan fingerprint density at radius 1 is 0.827 bits per heavy atom. The van der Waals surface area contributed by atoms with Gasteiger partial charge in [-0.3, -0.25) is 9.59 Å². The van der Waals surface area contributed by atoms with Gasteiger partial charge in [-0.05, 0) is 90.8 Å². The summed E-state index contributed by atoms with van der Waals surface area (Å²) >= 11 is 0. The average molecular weight is 753 g/mol. The van der Waals surface area contributed by atoms with Gasteiger partial charge in [-0.1, -0.05) is 18.2 Å². The van der Waals surface area contributed by atoms with Crippen LogP contribution >= 0.6 is 0 Å². The third kappa shape index (κ3) is 10.4. The fourth-order valence-corrected chi connectivity index (χ4v) is 7.27. The van der Waals surface area contributed by atoms with Crippen LogP contribution in [-0.4, -0.2) is 64.3 Å². The molecule has 0 fully saturated rings. The van der Waals surface area contributed by atoms with E-state index in [0.29, 0.717) is 28.9 Å². The summed E-state index contributed by atoms with van der Waals surface area (Å²) in [5, 5.41) is 0. The largest absolute Gasteiger partial charge is 0.497 e. The number of ether oxygens (including phenoxy) is 2. The van der Waals surface area contributed by atoms with Crippen LogP contribution in [0.2, 0.25) is 0 Å². The summed E-state index contributed by atoms with van der Waals surface area (Å²) in [5.74, 6) is -1.85. The second-order valence-corrected chi connectivity index (χ2v) is 14.2. The van der Waals surface area contributed by atoms with Crippen molar-refractivity contribution < 1.29 is 40.5 Å². The molecule has 274 valence electrons. The summed E-state index contributed by atoms with van der Waals surface area (Å²) in [6, 6.07) is 19.4. The highest BCUT2D eigenvalue weighted by Gasteiger charge is 2.31. The molecule has 0 radical (unpaired) electrons. The minimum atomic E-state index is -4.53. The van der Waals surface area contributed by atoms with Crippen LogP contribution in [0.1, 0.15) is 5.56 Å². The second kappa shape index (κ2) is 18.3. The van der Waals surface area contributed by atoms with Gasteiger partial charge in [0.25, 0.3) is 0 Å². The molecule has 0 spiro atoms.